The Morgan fingerprint density at radius 3 is 2.86 bits per heavy atom. The molecule has 2 aliphatic carbocycles. The maximum atomic E-state index is 13.1. The number of hydrogen-bond acceptors (Lipinski definition) is 2. The summed E-state index contributed by atoms with van der Waals surface area (Å²) < 4.78 is 15.0. The number of fused-ring (bicyclic) bond motifs is 2. The number of rotatable bonds is 2. The SMILES string of the molecule is CC12Cc3cnn(-c4ccc(F)cc4)c3C=C1CCC2C=O. The lowest BCUT2D eigenvalue weighted by molar-refractivity contribution is -0.113. The van der Waals surface area contributed by atoms with Gasteiger partial charge in [-0.3, -0.25) is 0 Å². The van der Waals surface area contributed by atoms with Gasteiger partial charge in [0.05, 0.1) is 17.6 Å². The highest BCUT2D eigenvalue weighted by molar-refractivity contribution is 5.67. The van der Waals surface area contributed by atoms with Crippen LogP contribution in [-0.4, -0.2) is 16.1 Å². The fourth-order valence-electron chi connectivity index (χ4n) is 3.88. The average Bonchev–Trinajstić information content (AvgIpc) is 3.05. The highest BCUT2D eigenvalue weighted by Crippen LogP contribution is 2.52. The summed E-state index contributed by atoms with van der Waals surface area (Å²) in [5.41, 5.74) is 4.34. The smallest absolute Gasteiger partial charge is 0.123 e. The molecule has 1 aromatic heterocycles. The molecule has 4 rings (SSSR count). The second-order valence-corrected chi connectivity index (χ2v) is 6.49. The van der Waals surface area contributed by atoms with Gasteiger partial charge in [-0.25, -0.2) is 9.07 Å². The van der Waals surface area contributed by atoms with Crippen molar-refractivity contribution >= 4 is 12.4 Å². The zero-order valence-electron chi connectivity index (χ0n) is 12.4. The molecule has 1 saturated carbocycles. The molecule has 0 radical (unpaired) electrons. The number of carbonyl (C=O) groups excluding carboxylic acids is 1. The van der Waals surface area contributed by atoms with Crippen molar-refractivity contribution in [2.75, 3.05) is 0 Å². The largest absolute Gasteiger partial charge is 0.303 e. The van der Waals surface area contributed by atoms with Gasteiger partial charge in [-0.2, -0.15) is 5.10 Å². The van der Waals surface area contributed by atoms with Crippen molar-refractivity contribution in [1.82, 2.24) is 9.78 Å². The Morgan fingerprint density at radius 2 is 2.14 bits per heavy atom. The molecule has 1 aromatic carbocycles. The predicted molar refractivity (Wildman–Crippen MR) is 82.1 cm³/mol. The Bertz CT molecular complexity index is 775. The summed E-state index contributed by atoms with van der Waals surface area (Å²) in [5, 5.41) is 4.47. The van der Waals surface area contributed by atoms with Gasteiger partial charge in [0.1, 0.15) is 12.1 Å². The summed E-state index contributed by atoms with van der Waals surface area (Å²) in [6.45, 7) is 2.18. The van der Waals surface area contributed by atoms with E-state index in [1.165, 1.54) is 17.7 Å². The van der Waals surface area contributed by atoms with Crippen molar-refractivity contribution in [3.05, 3.63) is 53.1 Å². The second-order valence-electron chi connectivity index (χ2n) is 6.49. The van der Waals surface area contributed by atoms with Crippen LogP contribution in [-0.2, 0) is 11.2 Å². The van der Waals surface area contributed by atoms with Gasteiger partial charge in [0.15, 0.2) is 0 Å². The molecule has 0 N–H and O–H groups in total. The van der Waals surface area contributed by atoms with Crippen molar-refractivity contribution in [2.45, 2.75) is 26.2 Å². The van der Waals surface area contributed by atoms with Crippen molar-refractivity contribution in [1.29, 1.82) is 0 Å². The van der Waals surface area contributed by atoms with Crippen molar-refractivity contribution in [2.24, 2.45) is 11.3 Å². The van der Waals surface area contributed by atoms with Crippen LogP contribution < -0.4 is 0 Å². The molecule has 2 unspecified atom stereocenters. The van der Waals surface area contributed by atoms with E-state index in [-0.39, 0.29) is 17.2 Å². The lowest BCUT2D eigenvalue weighted by atomic mass is 9.70. The Kier molecular flexibility index (Phi) is 2.83. The molecule has 0 amide bonds. The molecular weight excluding hydrogens is 279 g/mol. The maximum absolute atomic E-state index is 13.1. The lowest BCUT2D eigenvalue weighted by Gasteiger charge is -2.33. The topological polar surface area (TPSA) is 34.9 Å². The molecule has 1 heterocycles. The van der Waals surface area contributed by atoms with Gasteiger partial charge in [0, 0.05) is 11.3 Å². The van der Waals surface area contributed by atoms with Crippen LogP contribution in [0.1, 0.15) is 31.0 Å². The number of aldehydes is 1. The number of nitrogens with zero attached hydrogens (tertiary/aromatic N) is 2. The van der Waals surface area contributed by atoms with E-state index in [9.17, 15) is 9.18 Å². The van der Waals surface area contributed by atoms with Crippen LogP contribution in [0.25, 0.3) is 11.8 Å². The molecule has 2 aromatic rings. The normalized spacial score (nSPS) is 26.3. The molecule has 112 valence electrons. The molecular formula is C18H17FN2O. The number of halogens is 1. The number of carbonyl (C=O) groups is 1. The van der Waals surface area contributed by atoms with Crippen LogP contribution in [0.5, 0.6) is 0 Å². The van der Waals surface area contributed by atoms with Crippen LogP contribution in [0.3, 0.4) is 0 Å². The Balaban J connectivity index is 1.80. The van der Waals surface area contributed by atoms with Crippen molar-refractivity contribution in [3.8, 4) is 5.69 Å². The van der Waals surface area contributed by atoms with E-state index < -0.39 is 0 Å². The van der Waals surface area contributed by atoms with Crippen molar-refractivity contribution in [3.63, 3.8) is 0 Å². The third-order valence-corrected chi connectivity index (χ3v) is 5.27. The first kappa shape index (κ1) is 13.4. The standard InChI is InChI=1S/C18H17FN2O/c1-18-9-12-10-20-21(16-6-4-15(19)5-7-16)17(12)8-13(18)2-3-14(18)11-22/h4-8,10-11,14H,2-3,9H2,1H3. The molecule has 2 aliphatic rings. The summed E-state index contributed by atoms with van der Waals surface area (Å²) in [5.74, 6) is -0.151. The second kappa shape index (κ2) is 4.63. The van der Waals surface area contributed by atoms with E-state index >= 15 is 0 Å². The minimum Gasteiger partial charge on any atom is -0.303 e. The van der Waals surface area contributed by atoms with Gasteiger partial charge < -0.3 is 4.79 Å². The number of allylic oxidation sites excluding steroid dienone is 1. The number of aromatic nitrogens is 2. The first-order valence-corrected chi connectivity index (χ1v) is 7.61. The zero-order valence-corrected chi connectivity index (χ0v) is 12.4. The number of hydrogen-bond donors (Lipinski definition) is 0. The summed E-state index contributed by atoms with van der Waals surface area (Å²) in [7, 11) is 0. The lowest BCUT2D eigenvalue weighted by Crippen LogP contribution is -2.29. The number of benzene rings is 1. The fraction of sp³-hybridized carbons (Fsp3) is 0.333. The highest BCUT2D eigenvalue weighted by atomic mass is 19.1. The van der Waals surface area contributed by atoms with Crippen LogP contribution in [0.4, 0.5) is 4.39 Å². The highest BCUT2D eigenvalue weighted by Gasteiger charge is 2.45. The van der Waals surface area contributed by atoms with E-state index in [0.717, 1.165) is 42.5 Å². The van der Waals surface area contributed by atoms with E-state index in [1.807, 2.05) is 10.9 Å². The van der Waals surface area contributed by atoms with Gasteiger partial charge in [-0.05, 0) is 55.2 Å². The predicted octanol–water partition coefficient (Wildman–Crippen LogP) is 3.57. The maximum Gasteiger partial charge on any atom is 0.123 e. The summed E-state index contributed by atoms with van der Waals surface area (Å²) in [6, 6.07) is 6.36. The quantitative estimate of drug-likeness (QED) is 0.794. The molecule has 2 atom stereocenters. The fourth-order valence-corrected chi connectivity index (χ4v) is 3.88. The monoisotopic (exact) mass is 296 g/mol. The van der Waals surface area contributed by atoms with Gasteiger partial charge >= 0.3 is 0 Å². The summed E-state index contributed by atoms with van der Waals surface area (Å²) >= 11 is 0. The van der Waals surface area contributed by atoms with E-state index in [1.54, 1.807) is 12.1 Å². The minimum atomic E-state index is -0.250. The van der Waals surface area contributed by atoms with E-state index in [4.69, 9.17) is 0 Å². The molecule has 0 bridgehead atoms. The zero-order chi connectivity index (χ0) is 15.3. The third kappa shape index (κ3) is 1.79. The van der Waals surface area contributed by atoms with Gasteiger partial charge in [-0.15, -0.1) is 0 Å². The van der Waals surface area contributed by atoms with Crippen LogP contribution in [0.2, 0.25) is 0 Å². The molecule has 3 nitrogen and oxygen atoms in total. The molecule has 22 heavy (non-hydrogen) atoms. The molecule has 0 spiro atoms. The van der Waals surface area contributed by atoms with E-state index in [2.05, 4.69) is 18.1 Å². The van der Waals surface area contributed by atoms with Gasteiger partial charge in [0.2, 0.25) is 0 Å². The summed E-state index contributed by atoms with van der Waals surface area (Å²) in [4.78, 5) is 11.4. The average molecular weight is 296 g/mol. The van der Waals surface area contributed by atoms with Gasteiger partial charge in [-0.1, -0.05) is 12.5 Å². The third-order valence-electron chi connectivity index (χ3n) is 5.27. The molecule has 1 fully saturated rings. The first-order valence-electron chi connectivity index (χ1n) is 7.61. The molecule has 0 saturated heterocycles. The van der Waals surface area contributed by atoms with E-state index in [0.29, 0.717) is 0 Å². The first-order chi connectivity index (χ1) is 10.6. The van der Waals surface area contributed by atoms with Crippen molar-refractivity contribution < 1.29 is 9.18 Å². The Hall–Kier alpha value is -2.23. The van der Waals surface area contributed by atoms with Crippen LogP contribution in [0, 0.1) is 17.2 Å². The molecule has 0 aliphatic heterocycles. The van der Waals surface area contributed by atoms with Gasteiger partial charge in [0.25, 0.3) is 0 Å². The molecule has 4 heteroatoms. The summed E-state index contributed by atoms with van der Waals surface area (Å²) in [6.07, 6.45) is 7.90. The Morgan fingerprint density at radius 1 is 1.36 bits per heavy atom. The minimum absolute atomic E-state index is 0.0641. The Labute approximate surface area is 128 Å². The van der Waals surface area contributed by atoms with Crippen LogP contribution in [0.15, 0.2) is 36.0 Å². The van der Waals surface area contributed by atoms with Crippen LogP contribution >= 0.6 is 0 Å².